The van der Waals surface area contributed by atoms with Crippen molar-refractivity contribution in [2.45, 2.75) is 42.5 Å². The van der Waals surface area contributed by atoms with E-state index in [9.17, 15) is 39.6 Å². The Morgan fingerprint density at radius 2 is 1.64 bits per heavy atom. The molecule has 4 heterocycles. The van der Waals surface area contributed by atoms with Crippen LogP contribution in [0.3, 0.4) is 0 Å². The van der Waals surface area contributed by atoms with E-state index in [0.717, 1.165) is 42.0 Å². The van der Waals surface area contributed by atoms with E-state index in [1.54, 1.807) is 24.5 Å². The van der Waals surface area contributed by atoms with Crippen LogP contribution in [0.25, 0.3) is 11.3 Å². The molecule has 2 aromatic carbocycles. The third kappa shape index (κ3) is 8.08. The van der Waals surface area contributed by atoms with Crippen LogP contribution in [0, 0.1) is 5.82 Å². The zero-order valence-corrected chi connectivity index (χ0v) is 27.3. The number of hydrogen-bond donors (Lipinski definition) is 1. The molecule has 1 amide bonds. The molecule has 2 saturated heterocycles. The van der Waals surface area contributed by atoms with Gasteiger partial charge in [-0.05, 0) is 65.7 Å². The third-order valence-electron chi connectivity index (χ3n) is 8.62. The van der Waals surface area contributed by atoms with Crippen molar-refractivity contribution in [1.82, 2.24) is 24.5 Å². The van der Waals surface area contributed by atoms with Gasteiger partial charge in [0.25, 0.3) is 5.92 Å². The van der Waals surface area contributed by atoms with Gasteiger partial charge in [-0.3, -0.25) is 14.7 Å². The second kappa shape index (κ2) is 14.0. The van der Waals surface area contributed by atoms with Gasteiger partial charge in [-0.25, -0.2) is 26.6 Å². The number of alkyl halides is 5. The van der Waals surface area contributed by atoms with E-state index in [-0.39, 0.29) is 6.54 Å². The van der Waals surface area contributed by atoms with Gasteiger partial charge < -0.3 is 10.2 Å². The molecule has 2 fully saturated rings. The molecule has 0 spiro atoms. The Morgan fingerprint density at radius 3 is 2.28 bits per heavy atom. The van der Waals surface area contributed by atoms with Crippen LogP contribution in [-0.4, -0.2) is 78.2 Å². The number of carbonyl (C=O) groups excluding carboxylic acids is 1. The number of anilines is 1. The van der Waals surface area contributed by atoms with Crippen LogP contribution in [0.5, 0.6) is 0 Å². The Bertz CT molecular complexity index is 1920. The number of amides is 1. The summed E-state index contributed by atoms with van der Waals surface area (Å²) >= 11 is 0. The molecule has 50 heavy (non-hydrogen) atoms. The first-order chi connectivity index (χ1) is 23.7. The molecule has 1 atom stereocenters. The number of rotatable bonds is 9. The van der Waals surface area contributed by atoms with E-state index >= 15 is 0 Å². The highest BCUT2D eigenvalue weighted by Crippen LogP contribution is 2.36. The van der Waals surface area contributed by atoms with E-state index in [1.807, 2.05) is 17.0 Å². The first-order valence-electron chi connectivity index (χ1n) is 15.7. The number of nitrogens with one attached hydrogen (secondary N) is 1. The first kappa shape index (κ1) is 35.3. The summed E-state index contributed by atoms with van der Waals surface area (Å²) in [4.78, 5) is 26.1. The molecule has 2 aliphatic rings. The fourth-order valence-electron chi connectivity index (χ4n) is 6.01. The van der Waals surface area contributed by atoms with Crippen molar-refractivity contribution < 1.29 is 39.6 Å². The van der Waals surface area contributed by atoms with Gasteiger partial charge >= 0.3 is 6.18 Å². The minimum absolute atomic E-state index is 0.213. The molecule has 1 unspecified atom stereocenters. The van der Waals surface area contributed by atoms with Gasteiger partial charge in [0.1, 0.15) is 17.7 Å². The van der Waals surface area contributed by atoms with Gasteiger partial charge in [0, 0.05) is 63.6 Å². The first-order valence-corrected chi connectivity index (χ1v) is 17.1. The average Bonchev–Trinajstić information content (AvgIpc) is 3.44. The normalized spacial score (nSPS) is 18.7. The molecule has 0 saturated carbocycles. The highest BCUT2D eigenvalue weighted by molar-refractivity contribution is 7.89. The minimum atomic E-state index is -4.58. The largest absolute Gasteiger partial charge is 0.416 e. The molecule has 16 heteroatoms. The van der Waals surface area contributed by atoms with Crippen molar-refractivity contribution in [3.63, 3.8) is 0 Å². The zero-order chi connectivity index (χ0) is 35.7. The van der Waals surface area contributed by atoms with Crippen LogP contribution >= 0.6 is 0 Å². The van der Waals surface area contributed by atoms with Crippen molar-refractivity contribution in [1.29, 1.82) is 0 Å². The molecular weight excluding hydrogens is 686 g/mol. The van der Waals surface area contributed by atoms with Crippen LogP contribution < -0.4 is 10.2 Å². The maximum Gasteiger partial charge on any atom is 0.416 e. The summed E-state index contributed by atoms with van der Waals surface area (Å²) in [6.07, 6.45) is -2.09. The predicted molar refractivity (Wildman–Crippen MR) is 172 cm³/mol. The van der Waals surface area contributed by atoms with Crippen molar-refractivity contribution in [2.75, 3.05) is 37.6 Å². The Balaban J connectivity index is 1.23. The molecule has 4 aromatic rings. The summed E-state index contributed by atoms with van der Waals surface area (Å²) in [6, 6.07) is 13.5. The predicted octanol–water partition coefficient (Wildman–Crippen LogP) is 5.34. The third-order valence-corrected chi connectivity index (χ3v) is 10.5. The van der Waals surface area contributed by atoms with E-state index < -0.39 is 63.3 Å². The highest BCUT2D eigenvalue weighted by Gasteiger charge is 2.53. The molecule has 9 nitrogen and oxygen atoms in total. The second-order valence-electron chi connectivity index (χ2n) is 12.2. The number of halogens is 6. The fourth-order valence-corrected chi connectivity index (χ4v) is 7.63. The van der Waals surface area contributed by atoms with Gasteiger partial charge in [-0.1, -0.05) is 18.2 Å². The Hall–Kier alpha value is -4.54. The van der Waals surface area contributed by atoms with Crippen LogP contribution in [-0.2, 0) is 34.1 Å². The average molecular weight is 719 g/mol. The van der Waals surface area contributed by atoms with Crippen molar-refractivity contribution in [3.05, 3.63) is 108 Å². The smallest absolute Gasteiger partial charge is 0.354 e. The fraction of sp³-hybridized carbons (Fsp3) is 0.324. The number of pyridine rings is 2. The lowest BCUT2D eigenvalue weighted by Gasteiger charge is -2.35. The summed E-state index contributed by atoms with van der Waals surface area (Å²) in [5.74, 6) is -4.68. The number of aromatic nitrogens is 2. The van der Waals surface area contributed by atoms with Crippen LogP contribution in [0.1, 0.15) is 23.1 Å². The van der Waals surface area contributed by atoms with Crippen molar-refractivity contribution in [2.24, 2.45) is 0 Å². The van der Waals surface area contributed by atoms with E-state index in [2.05, 4.69) is 15.2 Å². The summed E-state index contributed by atoms with van der Waals surface area (Å²) in [5, 5.41) is 2.57. The molecule has 2 aromatic heterocycles. The maximum atomic E-state index is 14.6. The lowest BCUT2D eigenvalue weighted by Crippen LogP contribution is -2.46. The Morgan fingerprint density at radius 1 is 0.940 bits per heavy atom. The van der Waals surface area contributed by atoms with Gasteiger partial charge in [0.2, 0.25) is 15.9 Å². The topological polar surface area (TPSA) is 98.7 Å². The number of piperazine rings is 1. The van der Waals surface area contributed by atoms with Gasteiger partial charge in [-0.15, -0.1) is 0 Å². The summed E-state index contributed by atoms with van der Waals surface area (Å²) in [6.45, 7) is 1.77. The van der Waals surface area contributed by atoms with Crippen molar-refractivity contribution in [3.8, 4) is 11.3 Å². The molecule has 6 rings (SSSR count). The summed E-state index contributed by atoms with van der Waals surface area (Å²) < 4.78 is 109. The summed E-state index contributed by atoms with van der Waals surface area (Å²) in [7, 11) is -4.58. The molecule has 264 valence electrons. The SMILES string of the molecule is O=C(NCc1cc(-c2ccc(C(F)(F)F)cc2)nc(N2CCN(Cc3cccnc3)CC2)c1)C1CC(F)(F)CN1S(=O)(=O)c1ccc(F)cc1. The number of nitrogens with zero attached hydrogens (tertiary/aromatic N) is 5. The monoisotopic (exact) mass is 718 g/mol. The second-order valence-corrected chi connectivity index (χ2v) is 14.1. The van der Waals surface area contributed by atoms with Crippen LogP contribution in [0.4, 0.5) is 32.2 Å². The number of sulfonamides is 1. The summed E-state index contributed by atoms with van der Waals surface area (Å²) in [5.41, 5.74) is 1.41. The van der Waals surface area contributed by atoms with Gasteiger partial charge in [0.05, 0.1) is 22.7 Å². The Kier molecular flexibility index (Phi) is 9.88. The van der Waals surface area contributed by atoms with Crippen LogP contribution in [0.15, 0.2) is 90.1 Å². The van der Waals surface area contributed by atoms with Crippen LogP contribution in [0.2, 0.25) is 0 Å². The quantitative estimate of drug-likeness (QED) is 0.234. The van der Waals surface area contributed by atoms with Gasteiger partial charge in [-0.2, -0.15) is 17.5 Å². The molecular formula is C34H32F6N6O3S. The molecule has 1 N–H and O–H groups in total. The van der Waals surface area contributed by atoms with E-state index in [4.69, 9.17) is 4.98 Å². The molecule has 0 aliphatic carbocycles. The zero-order valence-electron chi connectivity index (χ0n) is 26.5. The van der Waals surface area contributed by atoms with Gasteiger partial charge in [0.15, 0.2) is 0 Å². The Labute approximate surface area is 284 Å². The maximum absolute atomic E-state index is 14.6. The lowest BCUT2D eigenvalue weighted by atomic mass is 10.1. The molecule has 0 bridgehead atoms. The standard InChI is InChI=1S/C34H32F6N6O3S/c35-27-7-9-28(10-8-27)50(48,49)46-22-33(36,37)18-30(46)32(47)42-20-24-16-29(25-3-5-26(6-4-25)34(38,39)40)43-31(17-24)45-14-12-44(13-15-45)21-23-2-1-11-41-19-23/h1-11,16-17,19,30H,12-15,18,20-22H2,(H,42,47). The molecule has 2 aliphatic heterocycles. The van der Waals surface area contributed by atoms with E-state index in [1.165, 1.54) is 12.1 Å². The number of hydrogen-bond acceptors (Lipinski definition) is 7. The minimum Gasteiger partial charge on any atom is -0.354 e. The van der Waals surface area contributed by atoms with Crippen molar-refractivity contribution >= 4 is 21.7 Å². The number of carbonyl (C=O) groups is 1. The number of benzene rings is 2. The van der Waals surface area contributed by atoms with E-state index in [0.29, 0.717) is 59.7 Å². The molecule has 0 radical (unpaired) electrons. The highest BCUT2D eigenvalue weighted by atomic mass is 32.2. The lowest BCUT2D eigenvalue weighted by molar-refractivity contribution is -0.137.